The second kappa shape index (κ2) is 5.66. The van der Waals surface area contributed by atoms with E-state index in [2.05, 4.69) is 65.8 Å². The van der Waals surface area contributed by atoms with E-state index >= 15 is 0 Å². The lowest BCUT2D eigenvalue weighted by atomic mass is 9.87. The van der Waals surface area contributed by atoms with Crippen LogP contribution in [0.2, 0.25) is 0 Å². The van der Waals surface area contributed by atoms with E-state index in [4.69, 9.17) is 5.73 Å². The molecule has 0 aliphatic carbocycles. The summed E-state index contributed by atoms with van der Waals surface area (Å²) in [5.74, 6) is 0. The van der Waals surface area contributed by atoms with Gasteiger partial charge in [-0.15, -0.1) is 11.8 Å². The Bertz CT molecular complexity index is 368. The maximum absolute atomic E-state index is 5.89. The van der Waals surface area contributed by atoms with Gasteiger partial charge in [-0.3, -0.25) is 0 Å². The van der Waals surface area contributed by atoms with E-state index in [0.29, 0.717) is 5.25 Å². The molecular weight excluding hydrogens is 238 g/mol. The van der Waals surface area contributed by atoms with Gasteiger partial charge in [0.25, 0.3) is 0 Å². The first-order chi connectivity index (χ1) is 8.14. The zero-order valence-electron chi connectivity index (χ0n) is 12.6. The highest BCUT2D eigenvalue weighted by Gasteiger charge is 2.24. The second-order valence-electron chi connectivity index (χ2n) is 6.98. The van der Waals surface area contributed by atoms with Crippen LogP contribution in [0.1, 0.15) is 47.1 Å². The second-order valence-corrected chi connectivity index (χ2v) is 8.26. The van der Waals surface area contributed by atoms with E-state index in [1.54, 1.807) is 0 Å². The average molecular weight is 265 g/mol. The smallest absolute Gasteiger partial charge is 0.0265 e. The molecule has 1 aromatic rings. The van der Waals surface area contributed by atoms with E-state index in [1.807, 2.05) is 11.8 Å². The van der Waals surface area contributed by atoms with Crippen molar-refractivity contribution in [2.75, 3.05) is 6.54 Å². The Kier molecular flexibility index (Phi) is 4.90. The number of benzene rings is 1. The van der Waals surface area contributed by atoms with Crippen molar-refractivity contribution in [3.8, 4) is 0 Å². The number of rotatable bonds is 3. The lowest BCUT2D eigenvalue weighted by molar-refractivity contribution is 0.398. The van der Waals surface area contributed by atoms with Crippen LogP contribution in [0.5, 0.6) is 0 Å². The van der Waals surface area contributed by atoms with Crippen LogP contribution in [-0.2, 0) is 5.41 Å². The van der Waals surface area contributed by atoms with E-state index in [9.17, 15) is 0 Å². The lowest BCUT2D eigenvalue weighted by Crippen LogP contribution is -2.30. The van der Waals surface area contributed by atoms with Gasteiger partial charge in [-0.25, -0.2) is 0 Å². The molecule has 18 heavy (non-hydrogen) atoms. The monoisotopic (exact) mass is 265 g/mol. The first-order valence-corrected chi connectivity index (χ1v) is 7.50. The maximum Gasteiger partial charge on any atom is 0.0265 e. The van der Waals surface area contributed by atoms with Crippen molar-refractivity contribution in [1.29, 1.82) is 0 Å². The molecule has 0 aliphatic heterocycles. The number of hydrogen-bond acceptors (Lipinski definition) is 2. The Labute approximate surface area is 117 Å². The molecule has 1 rings (SSSR count). The first-order valence-electron chi connectivity index (χ1n) is 6.62. The summed E-state index contributed by atoms with van der Waals surface area (Å²) >= 11 is 1.89. The maximum atomic E-state index is 5.89. The van der Waals surface area contributed by atoms with Gasteiger partial charge in [-0.2, -0.15) is 0 Å². The van der Waals surface area contributed by atoms with Crippen LogP contribution >= 0.6 is 11.8 Å². The molecule has 1 unspecified atom stereocenters. The number of nitrogens with two attached hydrogens (primary N) is 1. The van der Waals surface area contributed by atoms with Gasteiger partial charge >= 0.3 is 0 Å². The zero-order valence-corrected chi connectivity index (χ0v) is 13.4. The molecule has 2 heteroatoms. The largest absolute Gasteiger partial charge is 0.329 e. The highest BCUT2D eigenvalue weighted by Crippen LogP contribution is 2.35. The van der Waals surface area contributed by atoms with E-state index in [0.717, 1.165) is 6.54 Å². The Morgan fingerprint density at radius 2 is 1.50 bits per heavy atom. The summed E-state index contributed by atoms with van der Waals surface area (Å²) in [6, 6.07) is 8.91. The molecule has 2 N–H and O–H groups in total. The zero-order chi connectivity index (χ0) is 14.0. The third kappa shape index (κ3) is 4.33. The Balaban J connectivity index is 2.81. The number of hydrogen-bond donors (Lipinski definition) is 1. The highest BCUT2D eigenvalue weighted by atomic mass is 32.2. The lowest BCUT2D eigenvalue weighted by Gasteiger charge is -2.29. The van der Waals surface area contributed by atoms with Crippen LogP contribution < -0.4 is 5.73 Å². The van der Waals surface area contributed by atoms with Crippen molar-refractivity contribution < 1.29 is 0 Å². The van der Waals surface area contributed by atoms with E-state index < -0.39 is 0 Å². The molecular formula is C16H27NS. The molecule has 102 valence electrons. The Morgan fingerprint density at radius 3 is 1.83 bits per heavy atom. The van der Waals surface area contributed by atoms with Crippen LogP contribution in [0.3, 0.4) is 0 Å². The SMILES string of the molecule is CC(C)(C)c1ccc(SC(CN)C(C)(C)C)cc1. The van der Waals surface area contributed by atoms with Gasteiger partial charge in [0.2, 0.25) is 0 Å². The third-order valence-electron chi connectivity index (χ3n) is 3.18. The predicted octanol–water partition coefficient (Wildman–Crippen LogP) is 4.45. The van der Waals surface area contributed by atoms with Crippen LogP contribution in [-0.4, -0.2) is 11.8 Å². The number of thioether (sulfide) groups is 1. The summed E-state index contributed by atoms with van der Waals surface area (Å²) in [5, 5.41) is 0.456. The molecule has 0 heterocycles. The highest BCUT2D eigenvalue weighted by molar-refractivity contribution is 8.00. The molecule has 0 amide bonds. The van der Waals surface area contributed by atoms with E-state index in [-0.39, 0.29) is 10.8 Å². The van der Waals surface area contributed by atoms with Gasteiger partial charge < -0.3 is 5.73 Å². The van der Waals surface area contributed by atoms with Crippen LogP contribution in [0.25, 0.3) is 0 Å². The minimum Gasteiger partial charge on any atom is -0.329 e. The quantitative estimate of drug-likeness (QED) is 0.817. The molecule has 0 saturated heterocycles. The van der Waals surface area contributed by atoms with Gasteiger partial charge in [-0.1, -0.05) is 53.7 Å². The average Bonchev–Trinajstić information content (AvgIpc) is 2.23. The van der Waals surface area contributed by atoms with Crippen molar-refractivity contribution in [2.45, 2.75) is 57.1 Å². The molecule has 1 aromatic carbocycles. The summed E-state index contributed by atoms with van der Waals surface area (Å²) in [6.07, 6.45) is 0. The van der Waals surface area contributed by atoms with Gasteiger partial charge in [0.15, 0.2) is 0 Å². The van der Waals surface area contributed by atoms with Crippen molar-refractivity contribution in [3.05, 3.63) is 29.8 Å². The molecule has 1 atom stereocenters. The molecule has 0 aliphatic rings. The fraction of sp³-hybridized carbons (Fsp3) is 0.625. The molecule has 0 saturated carbocycles. The summed E-state index contributed by atoms with van der Waals surface area (Å²) in [4.78, 5) is 1.31. The molecule has 0 bridgehead atoms. The van der Waals surface area contributed by atoms with Crippen molar-refractivity contribution >= 4 is 11.8 Å². The Hall–Kier alpha value is -0.470. The van der Waals surface area contributed by atoms with Crippen LogP contribution in [0, 0.1) is 5.41 Å². The fourth-order valence-electron chi connectivity index (χ4n) is 1.78. The fourth-order valence-corrected chi connectivity index (χ4v) is 2.85. The Morgan fingerprint density at radius 1 is 1.00 bits per heavy atom. The summed E-state index contributed by atoms with van der Waals surface area (Å²) in [5.41, 5.74) is 7.73. The molecule has 1 nitrogen and oxygen atoms in total. The molecule has 0 aromatic heterocycles. The van der Waals surface area contributed by atoms with Crippen molar-refractivity contribution in [2.24, 2.45) is 11.1 Å². The normalized spacial score (nSPS) is 14.6. The van der Waals surface area contributed by atoms with Crippen molar-refractivity contribution in [3.63, 3.8) is 0 Å². The topological polar surface area (TPSA) is 26.0 Å². The molecule has 0 spiro atoms. The van der Waals surface area contributed by atoms with Gasteiger partial charge in [-0.05, 0) is 28.5 Å². The van der Waals surface area contributed by atoms with Gasteiger partial charge in [0, 0.05) is 16.7 Å². The van der Waals surface area contributed by atoms with Crippen LogP contribution in [0.15, 0.2) is 29.2 Å². The predicted molar refractivity (Wildman–Crippen MR) is 83.3 cm³/mol. The minimum atomic E-state index is 0.223. The van der Waals surface area contributed by atoms with Gasteiger partial charge in [0.05, 0.1) is 0 Å². The molecule has 0 fully saturated rings. The standard InChI is InChI=1S/C16H27NS/c1-15(2,3)12-7-9-13(10-8-12)18-14(11-17)16(4,5)6/h7-10,14H,11,17H2,1-6H3. The van der Waals surface area contributed by atoms with Crippen molar-refractivity contribution in [1.82, 2.24) is 0 Å². The third-order valence-corrected chi connectivity index (χ3v) is 4.91. The first kappa shape index (κ1) is 15.6. The minimum absolute atomic E-state index is 0.223. The molecule has 0 radical (unpaired) electrons. The van der Waals surface area contributed by atoms with E-state index in [1.165, 1.54) is 10.5 Å². The summed E-state index contributed by atoms with van der Waals surface area (Å²) in [6.45, 7) is 14.2. The van der Waals surface area contributed by atoms with Crippen LogP contribution in [0.4, 0.5) is 0 Å². The summed E-state index contributed by atoms with van der Waals surface area (Å²) < 4.78 is 0. The van der Waals surface area contributed by atoms with Gasteiger partial charge in [0.1, 0.15) is 0 Å². The summed E-state index contributed by atoms with van der Waals surface area (Å²) in [7, 11) is 0.